The molecule has 0 aliphatic carbocycles. The van der Waals surface area contributed by atoms with Gasteiger partial charge in [0.1, 0.15) is 5.82 Å². The Hall–Kier alpha value is -3.02. The number of nitrogens with zero attached hydrogens (tertiary/aromatic N) is 2. The van der Waals surface area contributed by atoms with Crippen molar-refractivity contribution in [3.8, 4) is 0 Å². The summed E-state index contributed by atoms with van der Waals surface area (Å²) in [6.45, 7) is 0.423. The third-order valence-electron chi connectivity index (χ3n) is 3.86. The van der Waals surface area contributed by atoms with Gasteiger partial charge in [0.2, 0.25) is 6.17 Å². The lowest BCUT2D eigenvalue weighted by Gasteiger charge is -2.21. The highest BCUT2D eigenvalue weighted by Gasteiger charge is 2.23. The van der Waals surface area contributed by atoms with Crippen LogP contribution in [0.3, 0.4) is 0 Å². The summed E-state index contributed by atoms with van der Waals surface area (Å²) in [5, 5.41) is 2.73. The molecule has 25 heavy (non-hydrogen) atoms. The quantitative estimate of drug-likeness (QED) is 0.745. The maximum Gasteiger partial charge on any atom is 0.259 e. The fourth-order valence-corrected chi connectivity index (χ4v) is 2.55. The van der Waals surface area contributed by atoms with Crippen LogP contribution in [0, 0.1) is 5.82 Å². The van der Waals surface area contributed by atoms with Crippen LogP contribution in [-0.4, -0.2) is 15.5 Å². The van der Waals surface area contributed by atoms with Crippen molar-refractivity contribution in [1.29, 1.82) is 0 Å². The Morgan fingerprint density at radius 3 is 2.44 bits per heavy atom. The molecule has 6 heteroatoms. The number of halogens is 2. The van der Waals surface area contributed by atoms with Crippen LogP contribution in [0.25, 0.3) is 0 Å². The molecule has 0 radical (unpaired) electrons. The van der Waals surface area contributed by atoms with Crippen molar-refractivity contribution < 1.29 is 13.6 Å². The SMILES string of the molecule is O=C(NC(Cn1ccnc1)c1ccccc1)C(F)c1ccc(F)cc1. The molecule has 0 saturated heterocycles. The van der Waals surface area contributed by atoms with Crippen molar-refractivity contribution in [2.45, 2.75) is 18.8 Å². The summed E-state index contributed by atoms with van der Waals surface area (Å²) in [6.07, 6.45) is 3.18. The molecular formula is C19H17F2N3O. The van der Waals surface area contributed by atoms with E-state index in [9.17, 15) is 13.6 Å². The van der Waals surface area contributed by atoms with Crippen LogP contribution in [0.15, 0.2) is 73.3 Å². The average molecular weight is 341 g/mol. The molecule has 0 saturated carbocycles. The Balaban J connectivity index is 1.77. The Labute approximate surface area is 144 Å². The maximum absolute atomic E-state index is 14.5. The van der Waals surface area contributed by atoms with Crippen LogP contribution in [-0.2, 0) is 11.3 Å². The van der Waals surface area contributed by atoms with Gasteiger partial charge in [-0.2, -0.15) is 0 Å². The zero-order valence-electron chi connectivity index (χ0n) is 13.3. The van der Waals surface area contributed by atoms with E-state index in [1.54, 1.807) is 18.7 Å². The number of aromatic nitrogens is 2. The highest BCUT2D eigenvalue weighted by molar-refractivity contribution is 5.82. The molecule has 1 amide bonds. The first-order valence-electron chi connectivity index (χ1n) is 7.84. The van der Waals surface area contributed by atoms with Crippen LogP contribution in [0.2, 0.25) is 0 Å². The average Bonchev–Trinajstić information content (AvgIpc) is 3.15. The Morgan fingerprint density at radius 2 is 1.80 bits per heavy atom. The largest absolute Gasteiger partial charge is 0.345 e. The van der Waals surface area contributed by atoms with Gasteiger partial charge < -0.3 is 9.88 Å². The lowest BCUT2D eigenvalue weighted by Crippen LogP contribution is -2.33. The highest BCUT2D eigenvalue weighted by Crippen LogP contribution is 2.21. The smallest absolute Gasteiger partial charge is 0.259 e. The van der Waals surface area contributed by atoms with Crippen molar-refractivity contribution in [2.24, 2.45) is 0 Å². The predicted molar refractivity (Wildman–Crippen MR) is 89.8 cm³/mol. The van der Waals surface area contributed by atoms with Crippen molar-refractivity contribution >= 4 is 5.91 Å². The second-order valence-electron chi connectivity index (χ2n) is 5.65. The number of nitrogens with one attached hydrogen (secondary N) is 1. The zero-order chi connectivity index (χ0) is 17.6. The fraction of sp³-hybridized carbons (Fsp3) is 0.158. The van der Waals surface area contributed by atoms with Crippen LogP contribution in [0.1, 0.15) is 23.3 Å². The first-order valence-corrected chi connectivity index (χ1v) is 7.84. The summed E-state index contributed by atoms with van der Waals surface area (Å²) in [6, 6.07) is 13.7. The number of carbonyl (C=O) groups is 1. The maximum atomic E-state index is 14.5. The molecule has 128 valence electrons. The summed E-state index contributed by atoms with van der Waals surface area (Å²) in [5.74, 6) is -1.24. The summed E-state index contributed by atoms with van der Waals surface area (Å²) in [5.41, 5.74) is 0.976. The first-order chi connectivity index (χ1) is 12.1. The van der Waals surface area contributed by atoms with Crippen molar-refractivity contribution in [1.82, 2.24) is 14.9 Å². The third-order valence-corrected chi connectivity index (χ3v) is 3.86. The van der Waals surface area contributed by atoms with E-state index in [2.05, 4.69) is 10.3 Å². The minimum absolute atomic E-state index is 0.119. The molecule has 2 unspecified atom stereocenters. The molecule has 3 rings (SSSR count). The lowest BCUT2D eigenvalue weighted by atomic mass is 10.1. The third kappa shape index (κ3) is 4.29. The molecule has 0 aliphatic rings. The number of hydrogen-bond donors (Lipinski definition) is 1. The van der Waals surface area contributed by atoms with E-state index < -0.39 is 23.9 Å². The van der Waals surface area contributed by atoms with Crippen LogP contribution < -0.4 is 5.32 Å². The van der Waals surface area contributed by atoms with Crippen LogP contribution >= 0.6 is 0 Å². The Bertz CT molecular complexity index is 804. The van der Waals surface area contributed by atoms with Crippen molar-refractivity contribution in [3.05, 3.63) is 90.3 Å². The molecule has 1 aromatic heterocycles. The van der Waals surface area contributed by atoms with E-state index >= 15 is 0 Å². The second kappa shape index (κ2) is 7.70. The van der Waals surface area contributed by atoms with Gasteiger partial charge in [0.15, 0.2) is 0 Å². The summed E-state index contributed by atoms with van der Waals surface area (Å²) in [7, 11) is 0. The molecule has 0 spiro atoms. The number of carbonyl (C=O) groups excluding carboxylic acids is 1. The van der Waals surface area contributed by atoms with Gasteiger partial charge in [0.05, 0.1) is 12.4 Å². The van der Waals surface area contributed by atoms with E-state index in [1.165, 1.54) is 12.1 Å². The number of rotatable bonds is 6. The molecule has 0 aliphatic heterocycles. The fourth-order valence-electron chi connectivity index (χ4n) is 2.55. The zero-order valence-corrected chi connectivity index (χ0v) is 13.3. The second-order valence-corrected chi connectivity index (χ2v) is 5.65. The Morgan fingerprint density at radius 1 is 1.08 bits per heavy atom. The molecule has 2 atom stereocenters. The summed E-state index contributed by atoms with van der Waals surface area (Å²) in [4.78, 5) is 16.3. The summed E-state index contributed by atoms with van der Waals surface area (Å²) < 4.78 is 29.2. The van der Waals surface area contributed by atoms with E-state index in [-0.39, 0.29) is 5.56 Å². The molecule has 4 nitrogen and oxygen atoms in total. The molecule has 3 aromatic rings. The molecule has 0 fully saturated rings. The first kappa shape index (κ1) is 16.8. The molecule has 2 aromatic carbocycles. The van der Waals surface area contributed by atoms with E-state index in [1.807, 2.05) is 34.9 Å². The predicted octanol–water partition coefficient (Wildman–Crippen LogP) is 3.59. The number of hydrogen-bond acceptors (Lipinski definition) is 2. The van der Waals surface area contributed by atoms with Crippen molar-refractivity contribution in [2.75, 3.05) is 0 Å². The van der Waals surface area contributed by atoms with Gasteiger partial charge in [0.25, 0.3) is 5.91 Å². The lowest BCUT2D eigenvalue weighted by molar-refractivity contribution is -0.127. The van der Waals surface area contributed by atoms with Gasteiger partial charge in [-0.3, -0.25) is 4.79 Å². The standard InChI is InChI=1S/C19H17F2N3O/c20-16-8-6-15(7-9-16)18(21)19(25)23-17(12-24-11-10-22-13-24)14-4-2-1-3-5-14/h1-11,13,17-18H,12H2,(H,23,25). The number of imidazole rings is 1. The van der Waals surface area contributed by atoms with Crippen LogP contribution in [0.5, 0.6) is 0 Å². The van der Waals surface area contributed by atoms with E-state index in [0.717, 1.165) is 17.7 Å². The topological polar surface area (TPSA) is 46.9 Å². The van der Waals surface area contributed by atoms with Gasteiger partial charge >= 0.3 is 0 Å². The summed E-state index contributed by atoms with van der Waals surface area (Å²) >= 11 is 0. The molecule has 0 bridgehead atoms. The van der Waals surface area contributed by atoms with Gasteiger partial charge in [-0.1, -0.05) is 42.5 Å². The van der Waals surface area contributed by atoms with Gasteiger partial charge in [-0.25, -0.2) is 13.8 Å². The van der Waals surface area contributed by atoms with Crippen molar-refractivity contribution in [3.63, 3.8) is 0 Å². The minimum atomic E-state index is -1.87. The number of alkyl halides is 1. The van der Waals surface area contributed by atoms with Gasteiger partial charge in [-0.05, 0) is 23.3 Å². The van der Waals surface area contributed by atoms with E-state index in [0.29, 0.717) is 6.54 Å². The molecule has 1 N–H and O–H groups in total. The van der Waals surface area contributed by atoms with E-state index in [4.69, 9.17) is 0 Å². The number of benzene rings is 2. The minimum Gasteiger partial charge on any atom is -0.345 e. The monoisotopic (exact) mass is 341 g/mol. The highest BCUT2D eigenvalue weighted by atomic mass is 19.1. The molecular weight excluding hydrogens is 324 g/mol. The normalized spacial score (nSPS) is 13.2. The molecule has 1 heterocycles. The number of amides is 1. The van der Waals surface area contributed by atoms with Crippen LogP contribution in [0.4, 0.5) is 8.78 Å². The van der Waals surface area contributed by atoms with Gasteiger partial charge in [0, 0.05) is 18.9 Å². The van der Waals surface area contributed by atoms with Gasteiger partial charge in [-0.15, -0.1) is 0 Å². The Kier molecular flexibility index (Phi) is 5.18.